The van der Waals surface area contributed by atoms with Crippen LogP contribution in [0.5, 0.6) is 0 Å². The van der Waals surface area contributed by atoms with Crippen molar-refractivity contribution in [1.29, 1.82) is 0 Å². The van der Waals surface area contributed by atoms with Gasteiger partial charge in [0.1, 0.15) is 0 Å². The summed E-state index contributed by atoms with van der Waals surface area (Å²) in [6, 6.07) is 7.85. The first-order chi connectivity index (χ1) is 12.9. The van der Waals surface area contributed by atoms with Crippen LogP contribution in [-0.2, 0) is 4.74 Å². The van der Waals surface area contributed by atoms with Gasteiger partial charge in [-0.1, -0.05) is 6.07 Å². The maximum absolute atomic E-state index is 12.4. The second-order valence-electron chi connectivity index (χ2n) is 6.05. The van der Waals surface area contributed by atoms with Gasteiger partial charge in [-0.25, -0.2) is 4.79 Å². The first-order valence-corrected chi connectivity index (χ1v) is 8.28. The number of pyridine rings is 1. The minimum Gasteiger partial charge on any atom is -0.465 e. The molecule has 0 radical (unpaired) electrons. The number of methoxy groups -OCH3 is 1. The number of nitrogens with one attached hydrogen (secondary N) is 2. The molecule has 8 nitrogen and oxygen atoms in total. The Morgan fingerprint density at radius 2 is 1.74 bits per heavy atom. The molecule has 142 valence electrons. The fourth-order valence-electron chi connectivity index (χ4n) is 2.23. The maximum atomic E-state index is 12.4. The van der Waals surface area contributed by atoms with Crippen LogP contribution in [0.1, 0.15) is 31.1 Å². The number of hydrogen-bond donors (Lipinski definition) is 2. The first kappa shape index (κ1) is 20.1. The zero-order valence-corrected chi connectivity index (χ0v) is 15.5. The highest BCUT2D eigenvalue weighted by Gasteiger charge is 2.13. The molecule has 0 spiro atoms. The molecule has 27 heavy (non-hydrogen) atoms. The van der Waals surface area contributed by atoms with Gasteiger partial charge in [0.25, 0.3) is 11.8 Å². The van der Waals surface area contributed by atoms with Gasteiger partial charge in [-0.05, 0) is 38.4 Å². The molecule has 0 aliphatic carbocycles. The molecule has 2 rings (SSSR count). The van der Waals surface area contributed by atoms with Gasteiger partial charge >= 0.3 is 5.97 Å². The molecule has 0 aliphatic heterocycles. The molecule has 0 saturated heterocycles. The summed E-state index contributed by atoms with van der Waals surface area (Å²) < 4.78 is 4.66. The maximum Gasteiger partial charge on any atom is 0.337 e. The van der Waals surface area contributed by atoms with Crippen molar-refractivity contribution in [2.75, 3.05) is 39.6 Å². The molecule has 2 N–H and O–H groups in total. The van der Waals surface area contributed by atoms with Crippen LogP contribution >= 0.6 is 0 Å². The second-order valence-corrected chi connectivity index (χ2v) is 6.05. The summed E-state index contributed by atoms with van der Waals surface area (Å²) in [4.78, 5) is 42.1. The number of carbonyl (C=O) groups is 3. The number of carbonyl (C=O) groups excluding carboxylic acids is 3. The fraction of sp³-hybridized carbons (Fsp3) is 0.263. The minimum atomic E-state index is -0.496. The molecule has 2 aromatic rings. The Morgan fingerprint density at radius 1 is 1.04 bits per heavy atom. The van der Waals surface area contributed by atoms with E-state index >= 15 is 0 Å². The largest absolute Gasteiger partial charge is 0.465 e. The van der Waals surface area contributed by atoms with Crippen LogP contribution in [0.2, 0.25) is 0 Å². The third-order valence-corrected chi connectivity index (χ3v) is 3.65. The SMILES string of the molecule is COC(=O)c1cccc(NC(=O)c2cncc(C(=O)NCCN(C)C)c2)c1. The molecule has 2 amide bonds. The van der Waals surface area contributed by atoms with Crippen LogP contribution in [0.3, 0.4) is 0 Å². The minimum absolute atomic E-state index is 0.235. The molecule has 0 unspecified atom stereocenters. The van der Waals surface area contributed by atoms with E-state index in [0.29, 0.717) is 29.9 Å². The third-order valence-electron chi connectivity index (χ3n) is 3.65. The first-order valence-electron chi connectivity index (χ1n) is 8.28. The van der Waals surface area contributed by atoms with Crippen molar-refractivity contribution in [3.63, 3.8) is 0 Å². The molecule has 1 heterocycles. The third kappa shape index (κ3) is 5.89. The lowest BCUT2D eigenvalue weighted by Gasteiger charge is -2.11. The highest BCUT2D eigenvalue weighted by molar-refractivity contribution is 6.06. The lowest BCUT2D eigenvalue weighted by Crippen LogP contribution is -2.31. The van der Waals surface area contributed by atoms with Crippen LogP contribution in [0.15, 0.2) is 42.7 Å². The number of aromatic nitrogens is 1. The predicted octanol–water partition coefficient (Wildman–Crippen LogP) is 1.41. The Morgan fingerprint density at radius 3 is 2.41 bits per heavy atom. The van der Waals surface area contributed by atoms with Crippen molar-refractivity contribution in [2.45, 2.75) is 0 Å². The number of benzene rings is 1. The standard InChI is InChI=1S/C19H22N4O4/c1-23(2)8-7-21-17(24)14-9-15(12-20-11-14)18(25)22-16-6-4-5-13(10-16)19(26)27-3/h4-6,9-12H,7-8H2,1-3H3,(H,21,24)(H,22,25). The Labute approximate surface area is 157 Å². The van der Waals surface area contributed by atoms with Crippen LogP contribution < -0.4 is 10.6 Å². The van der Waals surface area contributed by atoms with E-state index in [4.69, 9.17) is 0 Å². The summed E-state index contributed by atoms with van der Waals surface area (Å²) in [5.41, 5.74) is 1.29. The molecule has 0 fully saturated rings. The normalized spacial score (nSPS) is 10.4. The van der Waals surface area contributed by atoms with E-state index in [2.05, 4.69) is 20.4 Å². The summed E-state index contributed by atoms with van der Waals surface area (Å²) in [5.74, 6) is -1.23. The van der Waals surface area contributed by atoms with Crippen LogP contribution in [-0.4, -0.2) is 62.0 Å². The van der Waals surface area contributed by atoms with Crippen molar-refractivity contribution in [3.8, 4) is 0 Å². The Kier molecular flexibility index (Phi) is 7.01. The van der Waals surface area contributed by atoms with E-state index in [1.807, 2.05) is 19.0 Å². The van der Waals surface area contributed by atoms with E-state index in [9.17, 15) is 14.4 Å². The monoisotopic (exact) mass is 370 g/mol. The van der Waals surface area contributed by atoms with Gasteiger partial charge in [-0.2, -0.15) is 0 Å². The molecule has 0 bridgehead atoms. The average Bonchev–Trinajstić information content (AvgIpc) is 2.67. The van der Waals surface area contributed by atoms with Crippen molar-refractivity contribution in [2.24, 2.45) is 0 Å². The van der Waals surface area contributed by atoms with Gasteiger partial charge in [-0.15, -0.1) is 0 Å². The summed E-state index contributed by atoms with van der Waals surface area (Å²) in [6.45, 7) is 1.19. The highest BCUT2D eigenvalue weighted by atomic mass is 16.5. The number of esters is 1. The number of likely N-dealkylation sites (N-methyl/N-ethyl adjacent to an activating group) is 1. The van der Waals surface area contributed by atoms with Crippen LogP contribution in [0.25, 0.3) is 0 Å². The van der Waals surface area contributed by atoms with Gasteiger partial charge in [0.15, 0.2) is 0 Å². The van der Waals surface area contributed by atoms with E-state index in [0.717, 1.165) is 0 Å². The summed E-state index contributed by atoms with van der Waals surface area (Å²) >= 11 is 0. The molecule has 0 atom stereocenters. The molecule has 1 aromatic carbocycles. The topological polar surface area (TPSA) is 101 Å². The summed E-state index contributed by atoms with van der Waals surface area (Å²) in [7, 11) is 5.11. The van der Waals surface area contributed by atoms with Gasteiger partial charge in [0.05, 0.1) is 23.8 Å². The molecule has 1 aromatic heterocycles. The van der Waals surface area contributed by atoms with Crippen molar-refractivity contribution in [3.05, 3.63) is 59.4 Å². The zero-order valence-electron chi connectivity index (χ0n) is 15.5. The van der Waals surface area contributed by atoms with Gasteiger partial charge in [0.2, 0.25) is 0 Å². The number of anilines is 1. The Bertz CT molecular complexity index is 836. The van der Waals surface area contributed by atoms with Crippen LogP contribution in [0, 0.1) is 0 Å². The van der Waals surface area contributed by atoms with Crippen molar-refractivity contribution >= 4 is 23.5 Å². The summed E-state index contributed by atoms with van der Waals surface area (Å²) in [6.07, 6.45) is 2.77. The fourth-order valence-corrected chi connectivity index (χ4v) is 2.23. The van der Waals surface area contributed by atoms with Gasteiger partial charge < -0.3 is 20.3 Å². The average molecular weight is 370 g/mol. The number of hydrogen-bond acceptors (Lipinski definition) is 6. The number of nitrogens with zero attached hydrogens (tertiary/aromatic N) is 2. The predicted molar refractivity (Wildman–Crippen MR) is 101 cm³/mol. The Balaban J connectivity index is 2.07. The highest BCUT2D eigenvalue weighted by Crippen LogP contribution is 2.13. The van der Waals surface area contributed by atoms with Crippen molar-refractivity contribution in [1.82, 2.24) is 15.2 Å². The van der Waals surface area contributed by atoms with E-state index in [1.165, 1.54) is 31.6 Å². The van der Waals surface area contributed by atoms with Crippen LogP contribution in [0.4, 0.5) is 5.69 Å². The molecule has 8 heteroatoms. The quantitative estimate of drug-likeness (QED) is 0.715. The van der Waals surface area contributed by atoms with E-state index in [-0.39, 0.29) is 11.5 Å². The van der Waals surface area contributed by atoms with Crippen molar-refractivity contribution < 1.29 is 19.1 Å². The summed E-state index contributed by atoms with van der Waals surface area (Å²) in [5, 5.41) is 5.45. The smallest absolute Gasteiger partial charge is 0.337 e. The number of rotatable bonds is 7. The lowest BCUT2D eigenvalue weighted by molar-refractivity contribution is 0.0600. The van der Waals surface area contributed by atoms with E-state index < -0.39 is 11.9 Å². The van der Waals surface area contributed by atoms with Gasteiger partial charge in [0, 0.05) is 31.2 Å². The molecule has 0 aliphatic rings. The van der Waals surface area contributed by atoms with Gasteiger partial charge in [-0.3, -0.25) is 14.6 Å². The molecular formula is C19H22N4O4. The molecular weight excluding hydrogens is 348 g/mol. The molecule has 0 saturated carbocycles. The second kappa shape index (κ2) is 9.44. The number of amides is 2. The van der Waals surface area contributed by atoms with E-state index in [1.54, 1.807) is 18.2 Å². The Hall–Kier alpha value is -3.26. The number of ether oxygens (including phenoxy) is 1. The lowest BCUT2D eigenvalue weighted by atomic mass is 10.1. The zero-order chi connectivity index (χ0) is 19.8.